The van der Waals surface area contributed by atoms with Crippen LogP contribution in [0.2, 0.25) is 0 Å². The van der Waals surface area contributed by atoms with Gasteiger partial charge in [-0.05, 0) is 36.1 Å². The molecule has 0 radical (unpaired) electrons. The summed E-state index contributed by atoms with van der Waals surface area (Å²) in [6.45, 7) is 2.05. The minimum absolute atomic E-state index is 0.0145. The quantitative estimate of drug-likeness (QED) is 0.755. The van der Waals surface area contributed by atoms with Gasteiger partial charge in [-0.2, -0.15) is 0 Å². The highest BCUT2D eigenvalue weighted by Gasteiger charge is 2.54. The van der Waals surface area contributed by atoms with Crippen LogP contribution in [0.5, 0.6) is 5.88 Å². The van der Waals surface area contributed by atoms with Gasteiger partial charge in [0, 0.05) is 29.7 Å². The van der Waals surface area contributed by atoms with E-state index in [1.165, 1.54) is 18.3 Å². The molecule has 2 aromatic heterocycles. The molecular formula is C19H19FN2O3S. The molecule has 4 heterocycles. The van der Waals surface area contributed by atoms with Crippen LogP contribution in [-0.4, -0.2) is 47.7 Å². The first-order chi connectivity index (χ1) is 12.7. The van der Waals surface area contributed by atoms with Gasteiger partial charge in [0.25, 0.3) is 0 Å². The van der Waals surface area contributed by atoms with Crippen LogP contribution in [0, 0.1) is 11.7 Å². The maximum atomic E-state index is 13.6. The number of likely N-dealkylation sites (tertiary alicyclic amines) is 1. The van der Waals surface area contributed by atoms with Gasteiger partial charge in [-0.1, -0.05) is 6.07 Å². The fourth-order valence-electron chi connectivity index (χ4n) is 3.43. The first-order valence-corrected chi connectivity index (χ1v) is 9.42. The monoisotopic (exact) mass is 374 g/mol. The second kappa shape index (κ2) is 7.17. The summed E-state index contributed by atoms with van der Waals surface area (Å²) >= 11 is 1.59. The molecule has 2 aromatic rings. The second-order valence-electron chi connectivity index (χ2n) is 6.54. The molecule has 136 valence electrons. The van der Waals surface area contributed by atoms with Crippen molar-refractivity contribution in [2.45, 2.75) is 12.0 Å². The van der Waals surface area contributed by atoms with E-state index >= 15 is 0 Å². The molecule has 2 aliphatic heterocycles. The number of aromatic nitrogens is 1. The molecule has 0 N–H and O–H groups in total. The molecular weight excluding hydrogens is 355 g/mol. The van der Waals surface area contributed by atoms with Gasteiger partial charge in [-0.3, -0.25) is 4.79 Å². The molecule has 1 amide bonds. The van der Waals surface area contributed by atoms with E-state index in [9.17, 15) is 9.18 Å². The van der Waals surface area contributed by atoms with Gasteiger partial charge >= 0.3 is 0 Å². The smallest absolute Gasteiger partial charge is 0.250 e. The lowest BCUT2D eigenvalue weighted by Gasteiger charge is -2.49. The molecule has 0 saturated carbocycles. The van der Waals surface area contributed by atoms with Crippen molar-refractivity contribution in [1.29, 1.82) is 0 Å². The molecule has 2 aliphatic rings. The third-order valence-corrected chi connectivity index (χ3v) is 5.75. The Morgan fingerprint density at radius 2 is 2.35 bits per heavy atom. The predicted octanol–water partition coefficient (Wildman–Crippen LogP) is 2.99. The van der Waals surface area contributed by atoms with Crippen molar-refractivity contribution >= 4 is 23.3 Å². The molecule has 0 aliphatic carbocycles. The molecule has 0 aromatic carbocycles. The average Bonchev–Trinajstić information content (AvgIpc) is 3.27. The Bertz CT molecular complexity index is 803. The van der Waals surface area contributed by atoms with Crippen LogP contribution in [-0.2, 0) is 9.53 Å². The lowest BCUT2D eigenvalue weighted by molar-refractivity contribution is -0.162. The first-order valence-electron chi connectivity index (χ1n) is 8.54. The summed E-state index contributed by atoms with van der Waals surface area (Å²) in [7, 11) is 0. The van der Waals surface area contributed by atoms with Gasteiger partial charge in [0.15, 0.2) is 5.82 Å². The Morgan fingerprint density at radius 3 is 3.12 bits per heavy atom. The summed E-state index contributed by atoms with van der Waals surface area (Å²) in [5.74, 6) is -0.352. The van der Waals surface area contributed by atoms with Crippen LogP contribution in [0.3, 0.4) is 0 Å². The summed E-state index contributed by atoms with van der Waals surface area (Å²) < 4.78 is 25.1. The number of thiophene rings is 1. The van der Waals surface area contributed by atoms with E-state index in [0.29, 0.717) is 26.3 Å². The van der Waals surface area contributed by atoms with Gasteiger partial charge in [0.1, 0.15) is 5.60 Å². The van der Waals surface area contributed by atoms with Crippen molar-refractivity contribution < 1.29 is 18.7 Å². The van der Waals surface area contributed by atoms with Crippen LogP contribution < -0.4 is 4.74 Å². The normalized spacial score (nSPS) is 21.3. The first kappa shape index (κ1) is 17.2. The van der Waals surface area contributed by atoms with E-state index in [1.54, 1.807) is 22.3 Å². The van der Waals surface area contributed by atoms with Gasteiger partial charge in [0.05, 0.1) is 19.7 Å². The SMILES string of the molecule is O=C(/C=C/c1cccs1)N1CC2(C1)OCCC2COc1ncccc1F. The van der Waals surface area contributed by atoms with Crippen molar-refractivity contribution in [3.8, 4) is 5.88 Å². The zero-order valence-electron chi connectivity index (χ0n) is 14.1. The minimum atomic E-state index is -0.468. The predicted molar refractivity (Wildman–Crippen MR) is 96.4 cm³/mol. The molecule has 0 bridgehead atoms. The van der Waals surface area contributed by atoms with Gasteiger partial charge < -0.3 is 14.4 Å². The number of hydrogen-bond donors (Lipinski definition) is 0. The Labute approximate surface area is 155 Å². The fourth-order valence-corrected chi connectivity index (χ4v) is 4.05. The molecule has 5 nitrogen and oxygen atoms in total. The number of rotatable bonds is 5. The highest BCUT2D eigenvalue weighted by atomic mass is 32.1. The highest BCUT2D eigenvalue weighted by Crippen LogP contribution is 2.40. The van der Waals surface area contributed by atoms with E-state index in [-0.39, 0.29) is 23.3 Å². The van der Waals surface area contributed by atoms with E-state index in [2.05, 4.69) is 4.98 Å². The Hall–Kier alpha value is -2.25. The summed E-state index contributed by atoms with van der Waals surface area (Å²) in [5, 5.41) is 1.98. The number of pyridine rings is 1. The van der Waals surface area contributed by atoms with Gasteiger partial charge in [-0.25, -0.2) is 9.37 Å². The molecule has 1 spiro atoms. The van der Waals surface area contributed by atoms with Crippen molar-refractivity contribution in [2.24, 2.45) is 5.92 Å². The Kier molecular flexibility index (Phi) is 4.74. The topological polar surface area (TPSA) is 51.7 Å². The largest absolute Gasteiger partial charge is 0.475 e. The molecule has 1 unspecified atom stereocenters. The van der Waals surface area contributed by atoms with E-state index < -0.39 is 5.82 Å². The van der Waals surface area contributed by atoms with Crippen molar-refractivity contribution in [1.82, 2.24) is 9.88 Å². The van der Waals surface area contributed by atoms with Crippen molar-refractivity contribution in [3.63, 3.8) is 0 Å². The number of halogens is 1. The number of ether oxygens (including phenoxy) is 2. The number of carbonyl (C=O) groups excluding carboxylic acids is 1. The highest BCUT2D eigenvalue weighted by molar-refractivity contribution is 7.10. The van der Waals surface area contributed by atoms with E-state index in [1.807, 2.05) is 23.6 Å². The number of nitrogens with zero attached hydrogens (tertiary/aromatic N) is 2. The zero-order valence-corrected chi connectivity index (χ0v) is 15.0. The van der Waals surface area contributed by atoms with Crippen LogP contribution in [0.1, 0.15) is 11.3 Å². The fraction of sp³-hybridized carbons (Fsp3) is 0.368. The minimum Gasteiger partial charge on any atom is -0.475 e. The molecule has 1 atom stereocenters. The second-order valence-corrected chi connectivity index (χ2v) is 7.52. The molecule has 4 rings (SSSR count). The number of hydrogen-bond acceptors (Lipinski definition) is 5. The third-order valence-electron chi connectivity index (χ3n) is 4.91. The standard InChI is InChI=1S/C19H19FN2O3S/c20-16-4-1-8-21-18(16)24-11-14-7-9-25-19(14)12-22(13-19)17(23)6-5-15-3-2-10-26-15/h1-6,8,10,14H,7,9,11-13H2/b6-5+. The summed E-state index contributed by atoms with van der Waals surface area (Å²) in [4.78, 5) is 19.0. The van der Waals surface area contributed by atoms with Gasteiger partial charge in [-0.15, -0.1) is 11.3 Å². The van der Waals surface area contributed by atoms with Crippen molar-refractivity contribution in [3.05, 3.63) is 52.6 Å². The number of amides is 1. The molecule has 2 fully saturated rings. The van der Waals surface area contributed by atoms with E-state index in [4.69, 9.17) is 9.47 Å². The average molecular weight is 374 g/mol. The summed E-state index contributed by atoms with van der Waals surface area (Å²) in [6, 6.07) is 6.78. The summed E-state index contributed by atoms with van der Waals surface area (Å²) in [5.41, 5.74) is -0.377. The maximum Gasteiger partial charge on any atom is 0.250 e. The number of carbonyl (C=O) groups is 1. The van der Waals surface area contributed by atoms with Crippen LogP contribution in [0.15, 0.2) is 41.9 Å². The zero-order chi connectivity index (χ0) is 18.0. The molecule has 26 heavy (non-hydrogen) atoms. The third kappa shape index (κ3) is 3.37. The van der Waals surface area contributed by atoms with Crippen LogP contribution >= 0.6 is 11.3 Å². The lowest BCUT2D eigenvalue weighted by Crippen LogP contribution is -2.66. The maximum absolute atomic E-state index is 13.6. The summed E-state index contributed by atoms with van der Waals surface area (Å²) in [6.07, 6.45) is 5.77. The molecule has 2 saturated heterocycles. The van der Waals surface area contributed by atoms with Crippen LogP contribution in [0.4, 0.5) is 4.39 Å². The van der Waals surface area contributed by atoms with E-state index in [0.717, 1.165) is 11.3 Å². The molecule has 7 heteroatoms. The van der Waals surface area contributed by atoms with Crippen molar-refractivity contribution in [2.75, 3.05) is 26.3 Å². The van der Waals surface area contributed by atoms with Crippen LogP contribution in [0.25, 0.3) is 6.08 Å². The van der Waals surface area contributed by atoms with Gasteiger partial charge in [0.2, 0.25) is 11.8 Å². The lowest BCUT2D eigenvalue weighted by atomic mass is 9.81. The Balaban J connectivity index is 1.33. The Morgan fingerprint density at radius 1 is 1.46 bits per heavy atom.